The van der Waals surface area contributed by atoms with Crippen LogP contribution in [0.1, 0.15) is 0 Å². The van der Waals surface area contributed by atoms with E-state index in [1.165, 1.54) is 0 Å². The van der Waals surface area contributed by atoms with Crippen LogP contribution in [0.3, 0.4) is 0 Å². The van der Waals surface area contributed by atoms with Gasteiger partial charge in [-0.05, 0) is 12.1 Å². The molecule has 2 nitrogen and oxygen atoms in total. The van der Waals surface area contributed by atoms with Crippen molar-refractivity contribution in [3.63, 3.8) is 0 Å². The lowest BCUT2D eigenvalue weighted by Crippen LogP contribution is -2.14. The number of hydrogen-bond acceptors (Lipinski definition) is 2. The molecule has 1 aromatic carbocycles. The number of allylic oxidation sites excluding steroid dienone is 4. The summed E-state index contributed by atoms with van der Waals surface area (Å²) in [5, 5.41) is 0. The molecule has 0 radical (unpaired) electrons. The summed E-state index contributed by atoms with van der Waals surface area (Å²) >= 11 is 0. The molecule has 1 aliphatic rings. The molecule has 1 aliphatic carbocycles. The molecule has 1 aromatic rings. The second kappa shape index (κ2) is 4.62. The largest absolute Gasteiger partial charge is 0.423 e. The molecule has 0 spiro atoms. The third-order valence-corrected chi connectivity index (χ3v) is 2.37. The SMILES string of the molecule is C=C(C(=O)Oc1ccccc1)C1C=CC=C1. The zero-order valence-corrected chi connectivity index (χ0v) is 8.80. The number of benzene rings is 1. The minimum Gasteiger partial charge on any atom is -0.423 e. The molecule has 0 N–H and O–H groups in total. The third kappa shape index (κ3) is 2.28. The van der Waals surface area contributed by atoms with Crippen molar-refractivity contribution in [1.29, 1.82) is 0 Å². The molecule has 0 unspecified atom stereocenters. The van der Waals surface area contributed by atoms with Crippen molar-refractivity contribution in [3.8, 4) is 5.75 Å². The number of rotatable bonds is 3. The van der Waals surface area contributed by atoms with Crippen molar-refractivity contribution in [1.82, 2.24) is 0 Å². The predicted octanol–water partition coefficient (Wildman–Crippen LogP) is 2.89. The van der Waals surface area contributed by atoms with Gasteiger partial charge in [-0.15, -0.1) is 0 Å². The van der Waals surface area contributed by atoms with E-state index in [1.807, 2.05) is 42.5 Å². The molecule has 80 valence electrons. The van der Waals surface area contributed by atoms with Crippen LogP contribution in [0.15, 0.2) is 66.8 Å². The monoisotopic (exact) mass is 212 g/mol. The number of esters is 1. The van der Waals surface area contributed by atoms with Gasteiger partial charge in [-0.1, -0.05) is 49.1 Å². The van der Waals surface area contributed by atoms with Crippen molar-refractivity contribution in [2.24, 2.45) is 5.92 Å². The standard InChI is InChI=1S/C14H12O2/c1-11(12-7-5-6-8-12)14(15)16-13-9-3-2-4-10-13/h2-10,12H,1H2. The van der Waals surface area contributed by atoms with E-state index >= 15 is 0 Å². The Morgan fingerprint density at radius 1 is 1.12 bits per heavy atom. The van der Waals surface area contributed by atoms with Crippen LogP contribution in [0.25, 0.3) is 0 Å². The van der Waals surface area contributed by atoms with Crippen LogP contribution in [-0.4, -0.2) is 5.97 Å². The fraction of sp³-hybridized carbons (Fsp3) is 0.0714. The van der Waals surface area contributed by atoms with Crippen molar-refractivity contribution in [3.05, 3.63) is 66.8 Å². The summed E-state index contributed by atoms with van der Waals surface area (Å²) in [6.07, 6.45) is 7.61. The molecule has 0 aliphatic heterocycles. The van der Waals surface area contributed by atoms with E-state index < -0.39 is 0 Å². The number of carbonyl (C=O) groups excluding carboxylic acids is 1. The zero-order chi connectivity index (χ0) is 11.4. The van der Waals surface area contributed by atoms with Crippen molar-refractivity contribution >= 4 is 5.97 Å². The summed E-state index contributed by atoms with van der Waals surface area (Å²) in [5.41, 5.74) is 0.453. The van der Waals surface area contributed by atoms with Gasteiger partial charge in [0.25, 0.3) is 0 Å². The van der Waals surface area contributed by atoms with E-state index in [9.17, 15) is 4.79 Å². The molecule has 0 saturated heterocycles. The number of para-hydroxylation sites is 1. The maximum atomic E-state index is 11.7. The van der Waals surface area contributed by atoms with Crippen LogP contribution >= 0.6 is 0 Å². The smallest absolute Gasteiger partial charge is 0.339 e. The Morgan fingerprint density at radius 2 is 1.75 bits per heavy atom. The van der Waals surface area contributed by atoms with Crippen LogP contribution < -0.4 is 4.74 Å². The van der Waals surface area contributed by atoms with Gasteiger partial charge in [0.15, 0.2) is 0 Å². The summed E-state index contributed by atoms with van der Waals surface area (Å²) in [6, 6.07) is 8.99. The topological polar surface area (TPSA) is 26.3 Å². The Morgan fingerprint density at radius 3 is 2.38 bits per heavy atom. The summed E-state index contributed by atoms with van der Waals surface area (Å²) in [7, 11) is 0. The highest BCUT2D eigenvalue weighted by Crippen LogP contribution is 2.20. The van der Waals surface area contributed by atoms with Crippen LogP contribution in [0.5, 0.6) is 5.75 Å². The van der Waals surface area contributed by atoms with Crippen molar-refractivity contribution < 1.29 is 9.53 Å². The Bertz CT molecular complexity index is 443. The van der Waals surface area contributed by atoms with Crippen molar-refractivity contribution in [2.45, 2.75) is 0 Å². The second-order valence-corrected chi connectivity index (χ2v) is 3.52. The van der Waals surface area contributed by atoms with Gasteiger partial charge in [-0.2, -0.15) is 0 Å². The molecule has 2 heteroatoms. The predicted molar refractivity (Wildman–Crippen MR) is 63.0 cm³/mol. The van der Waals surface area contributed by atoms with E-state index in [4.69, 9.17) is 4.74 Å². The molecule has 0 bridgehead atoms. The van der Waals surface area contributed by atoms with E-state index in [2.05, 4.69) is 6.58 Å². The lowest BCUT2D eigenvalue weighted by Gasteiger charge is -2.09. The number of ether oxygens (including phenoxy) is 1. The summed E-state index contributed by atoms with van der Waals surface area (Å²) < 4.78 is 5.18. The van der Waals surface area contributed by atoms with E-state index in [0.717, 1.165) is 0 Å². The minimum atomic E-state index is -0.382. The van der Waals surface area contributed by atoms with E-state index in [0.29, 0.717) is 11.3 Å². The van der Waals surface area contributed by atoms with Crippen LogP contribution in [-0.2, 0) is 4.79 Å². The Hall–Kier alpha value is -2.09. The molecule has 0 saturated carbocycles. The first-order valence-corrected chi connectivity index (χ1v) is 5.08. The first kappa shape index (κ1) is 10.4. The Kier molecular flexibility index (Phi) is 3.01. The summed E-state index contributed by atoms with van der Waals surface area (Å²) in [4.78, 5) is 11.7. The average Bonchev–Trinajstić information content (AvgIpc) is 2.83. The van der Waals surface area contributed by atoms with Gasteiger partial charge < -0.3 is 4.74 Å². The molecule has 0 atom stereocenters. The highest BCUT2D eigenvalue weighted by Gasteiger charge is 2.17. The van der Waals surface area contributed by atoms with Gasteiger partial charge in [0, 0.05) is 11.5 Å². The van der Waals surface area contributed by atoms with Crippen molar-refractivity contribution in [2.75, 3.05) is 0 Å². The molecule has 0 heterocycles. The minimum absolute atomic E-state index is 0.0313. The van der Waals surface area contributed by atoms with Gasteiger partial charge in [-0.3, -0.25) is 0 Å². The van der Waals surface area contributed by atoms with Gasteiger partial charge in [-0.25, -0.2) is 4.79 Å². The lowest BCUT2D eigenvalue weighted by atomic mass is 10.0. The Balaban J connectivity index is 2.01. The normalized spacial score (nSPS) is 14.0. The fourth-order valence-corrected chi connectivity index (χ4v) is 1.46. The molecular weight excluding hydrogens is 200 g/mol. The highest BCUT2D eigenvalue weighted by atomic mass is 16.5. The molecule has 2 rings (SSSR count). The molecule has 0 amide bonds. The molecule has 16 heavy (non-hydrogen) atoms. The summed E-state index contributed by atoms with van der Waals surface area (Å²) in [6.45, 7) is 3.76. The zero-order valence-electron chi connectivity index (χ0n) is 8.80. The lowest BCUT2D eigenvalue weighted by molar-refractivity contribution is -0.130. The van der Waals surface area contributed by atoms with Gasteiger partial charge >= 0.3 is 5.97 Å². The molecule has 0 aromatic heterocycles. The molecular formula is C14H12O2. The fourth-order valence-electron chi connectivity index (χ4n) is 1.46. The Labute approximate surface area is 94.6 Å². The number of hydrogen-bond donors (Lipinski definition) is 0. The maximum Gasteiger partial charge on any atom is 0.339 e. The van der Waals surface area contributed by atoms with Gasteiger partial charge in [0.1, 0.15) is 5.75 Å². The maximum absolute atomic E-state index is 11.7. The molecule has 0 fully saturated rings. The first-order valence-electron chi connectivity index (χ1n) is 5.08. The first-order chi connectivity index (χ1) is 7.77. The highest BCUT2D eigenvalue weighted by molar-refractivity contribution is 5.91. The van der Waals surface area contributed by atoms with E-state index in [-0.39, 0.29) is 11.9 Å². The van der Waals surface area contributed by atoms with Crippen LogP contribution in [0.4, 0.5) is 0 Å². The van der Waals surface area contributed by atoms with Crippen LogP contribution in [0.2, 0.25) is 0 Å². The number of carbonyl (C=O) groups is 1. The average molecular weight is 212 g/mol. The summed E-state index contributed by atoms with van der Waals surface area (Å²) in [5.74, 6) is 0.128. The van der Waals surface area contributed by atoms with E-state index in [1.54, 1.807) is 12.1 Å². The van der Waals surface area contributed by atoms with Crippen LogP contribution in [0, 0.1) is 5.92 Å². The quantitative estimate of drug-likeness (QED) is 0.437. The second-order valence-electron chi connectivity index (χ2n) is 3.52. The van der Waals surface area contributed by atoms with Gasteiger partial charge in [0.05, 0.1) is 0 Å². The van der Waals surface area contributed by atoms with Gasteiger partial charge in [0.2, 0.25) is 0 Å². The third-order valence-electron chi connectivity index (χ3n) is 2.37.